The molecule has 1 amide bonds. The van der Waals surface area contributed by atoms with Crippen LogP contribution in [0.15, 0.2) is 30.3 Å². The fourth-order valence-electron chi connectivity index (χ4n) is 3.39. The zero-order chi connectivity index (χ0) is 18.5. The lowest BCUT2D eigenvalue weighted by molar-refractivity contribution is -0.223. The summed E-state index contributed by atoms with van der Waals surface area (Å²) < 4.78 is 27.9. The number of rotatable bonds is 3. The van der Waals surface area contributed by atoms with Crippen molar-refractivity contribution < 1.29 is 33.3 Å². The highest BCUT2D eigenvalue weighted by molar-refractivity contribution is 6.05. The SMILES string of the molecule is CC1(C)O[C@H]2O[C@H](COC(=O)c3ccccc3)C3(OC(=O)NC3=N)[C@H]2O1. The molecule has 3 fully saturated rings. The third kappa shape index (κ3) is 2.56. The lowest BCUT2D eigenvalue weighted by atomic mass is 9.91. The highest BCUT2D eigenvalue weighted by Gasteiger charge is 2.71. The van der Waals surface area contributed by atoms with Crippen LogP contribution in [0.5, 0.6) is 0 Å². The summed E-state index contributed by atoms with van der Waals surface area (Å²) in [6.07, 6.45) is -3.41. The van der Waals surface area contributed by atoms with Gasteiger partial charge in [-0.05, 0) is 26.0 Å². The maximum Gasteiger partial charge on any atom is 0.413 e. The second kappa shape index (κ2) is 5.76. The van der Waals surface area contributed by atoms with Crippen molar-refractivity contribution in [2.24, 2.45) is 0 Å². The summed E-state index contributed by atoms with van der Waals surface area (Å²) in [6.45, 7) is 3.16. The molecule has 9 heteroatoms. The smallest absolute Gasteiger partial charge is 0.413 e. The highest BCUT2D eigenvalue weighted by Crippen LogP contribution is 2.46. The number of hydrogen-bond donors (Lipinski definition) is 2. The van der Waals surface area contributed by atoms with Crippen LogP contribution in [0, 0.1) is 5.41 Å². The Morgan fingerprint density at radius 2 is 2.00 bits per heavy atom. The van der Waals surface area contributed by atoms with Crippen molar-refractivity contribution in [1.29, 1.82) is 5.41 Å². The van der Waals surface area contributed by atoms with Crippen LogP contribution in [0.1, 0.15) is 24.2 Å². The van der Waals surface area contributed by atoms with E-state index in [0.717, 1.165) is 0 Å². The van der Waals surface area contributed by atoms with Crippen LogP contribution in [0.25, 0.3) is 0 Å². The normalized spacial score (nSPS) is 34.5. The van der Waals surface area contributed by atoms with Gasteiger partial charge in [-0.2, -0.15) is 0 Å². The first-order valence-corrected chi connectivity index (χ1v) is 8.14. The average molecular weight is 362 g/mol. The molecule has 2 N–H and O–H groups in total. The van der Waals surface area contributed by atoms with Crippen LogP contribution in [0.4, 0.5) is 4.79 Å². The highest BCUT2D eigenvalue weighted by atomic mass is 16.8. The number of fused-ring (bicyclic) bond motifs is 2. The molecule has 3 aliphatic rings. The zero-order valence-electron chi connectivity index (χ0n) is 14.2. The largest absolute Gasteiger partial charge is 0.459 e. The summed E-state index contributed by atoms with van der Waals surface area (Å²) in [5.41, 5.74) is -1.17. The van der Waals surface area contributed by atoms with E-state index in [4.69, 9.17) is 29.1 Å². The number of nitrogens with one attached hydrogen (secondary N) is 2. The van der Waals surface area contributed by atoms with Crippen molar-refractivity contribution in [2.75, 3.05) is 6.61 Å². The first kappa shape index (κ1) is 17.0. The predicted octanol–water partition coefficient (Wildman–Crippen LogP) is 1.18. The van der Waals surface area contributed by atoms with Crippen LogP contribution < -0.4 is 5.32 Å². The zero-order valence-corrected chi connectivity index (χ0v) is 14.2. The molecule has 138 valence electrons. The van der Waals surface area contributed by atoms with Crippen molar-refractivity contribution in [2.45, 2.75) is 43.7 Å². The summed E-state index contributed by atoms with van der Waals surface area (Å²) in [5, 5.41) is 10.5. The molecule has 4 rings (SSSR count). The number of alkyl carbamates (subject to hydrolysis) is 1. The van der Waals surface area contributed by atoms with Gasteiger partial charge >= 0.3 is 12.1 Å². The molecule has 0 aromatic heterocycles. The van der Waals surface area contributed by atoms with Gasteiger partial charge in [0.25, 0.3) is 0 Å². The standard InChI is InChI=1S/C17H18N2O7/c1-16(2)24-11-13(25-16)23-10(17(11)14(18)19-15(21)26-17)8-22-12(20)9-6-4-3-5-7-9/h3-7,10-11,13H,8H2,1-2H3,(H2,18,19,21)/t10-,11+,13-,17?/m1/s1. The molecule has 3 saturated heterocycles. The van der Waals surface area contributed by atoms with E-state index < -0.39 is 41.9 Å². The van der Waals surface area contributed by atoms with Gasteiger partial charge in [0.2, 0.25) is 5.60 Å². The van der Waals surface area contributed by atoms with Gasteiger partial charge in [-0.1, -0.05) is 18.2 Å². The molecule has 1 spiro atoms. The monoisotopic (exact) mass is 362 g/mol. The van der Waals surface area contributed by atoms with E-state index in [-0.39, 0.29) is 12.4 Å². The van der Waals surface area contributed by atoms with Gasteiger partial charge in [-0.25, -0.2) is 9.59 Å². The van der Waals surface area contributed by atoms with Crippen molar-refractivity contribution in [1.82, 2.24) is 5.32 Å². The predicted molar refractivity (Wildman–Crippen MR) is 85.5 cm³/mol. The third-order valence-corrected chi connectivity index (χ3v) is 4.51. The van der Waals surface area contributed by atoms with Crippen LogP contribution in [-0.2, 0) is 23.7 Å². The molecule has 0 aliphatic carbocycles. The van der Waals surface area contributed by atoms with E-state index in [1.165, 1.54) is 0 Å². The van der Waals surface area contributed by atoms with Crippen molar-refractivity contribution in [3.8, 4) is 0 Å². The first-order valence-electron chi connectivity index (χ1n) is 8.14. The molecule has 0 bridgehead atoms. The number of carbonyl (C=O) groups is 2. The van der Waals surface area contributed by atoms with Crippen LogP contribution in [-0.4, -0.2) is 54.4 Å². The quantitative estimate of drug-likeness (QED) is 0.776. The second-order valence-electron chi connectivity index (χ2n) is 6.70. The van der Waals surface area contributed by atoms with Crippen LogP contribution in [0.3, 0.4) is 0 Å². The van der Waals surface area contributed by atoms with E-state index >= 15 is 0 Å². The van der Waals surface area contributed by atoms with E-state index in [1.54, 1.807) is 44.2 Å². The number of hydrogen-bond acceptors (Lipinski definition) is 8. The van der Waals surface area contributed by atoms with Gasteiger partial charge in [0, 0.05) is 0 Å². The Hall–Kier alpha value is -2.49. The Morgan fingerprint density at radius 3 is 2.65 bits per heavy atom. The Balaban J connectivity index is 1.55. The number of amidine groups is 1. The average Bonchev–Trinajstić information content (AvgIpc) is 3.16. The molecule has 26 heavy (non-hydrogen) atoms. The number of carbonyl (C=O) groups excluding carboxylic acids is 2. The lowest BCUT2D eigenvalue weighted by Crippen LogP contribution is -2.56. The lowest BCUT2D eigenvalue weighted by Gasteiger charge is -2.31. The van der Waals surface area contributed by atoms with E-state index in [2.05, 4.69) is 5.32 Å². The molecule has 1 aromatic carbocycles. The van der Waals surface area contributed by atoms with Gasteiger partial charge in [0.05, 0.1) is 5.56 Å². The summed E-state index contributed by atoms with van der Waals surface area (Å²) in [5.74, 6) is -1.71. The van der Waals surface area contributed by atoms with Crippen LogP contribution >= 0.6 is 0 Å². The topological polar surface area (TPSA) is 116 Å². The Morgan fingerprint density at radius 1 is 1.27 bits per heavy atom. The van der Waals surface area contributed by atoms with E-state index in [1.807, 2.05) is 0 Å². The molecule has 0 radical (unpaired) electrons. The number of benzene rings is 1. The fraction of sp³-hybridized carbons (Fsp3) is 0.471. The molecule has 1 aromatic rings. The molecular formula is C17H18N2O7. The van der Waals surface area contributed by atoms with Crippen LogP contribution in [0.2, 0.25) is 0 Å². The molecule has 3 aliphatic heterocycles. The van der Waals surface area contributed by atoms with Crippen molar-refractivity contribution >= 4 is 17.9 Å². The van der Waals surface area contributed by atoms with Gasteiger partial charge in [-0.3, -0.25) is 10.7 Å². The molecule has 9 nitrogen and oxygen atoms in total. The number of amides is 1. The minimum Gasteiger partial charge on any atom is -0.459 e. The van der Waals surface area contributed by atoms with Gasteiger partial charge in [-0.15, -0.1) is 0 Å². The fourth-order valence-corrected chi connectivity index (χ4v) is 3.39. The summed E-state index contributed by atoms with van der Waals surface area (Å²) in [7, 11) is 0. The Kier molecular flexibility index (Phi) is 3.76. The van der Waals surface area contributed by atoms with Crippen molar-refractivity contribution in [3.05, 3.63) is 35.9 Å². The van der Waals surface area contributed by atoms with Crippen molar-refractivity contribution in [3.63, 3.8) is 0 Å². The second-order valence-corrected chi connectivity index (χ2v) is 6.70. The van der Waals surface area contributed by atoms with Gasteiger partial charge in [0.1, 0.15) is 12.7 Å². The van der Waals surface area contributed by atoms with Gasteiger partial charge in [0.15, 0.2) is 24.0 Å². The van der Waals surface area contributed by atoms with E-state index in [9.17, 15) is 9.59 Å². The first-order chi connectivity index (χ1) is 12.3. The molecule has 0 saturated carbocycles. The molecule has 1 unspecified atom stereocenters. The summed E-state index contributed by atoms with van der Waals surface area (Å²) >= 11 is 0. The maximum atomic E-state index is 12.2. The minimum absolute atomic E-state index is 0.211. The molecular weight excluding hydrogens is 344 g/mol. The summed E-state index contributed by atoms with van der Waals surface area (Å²) in [6, 6.07) is 8.47. The van der Waals surface area contributed by atoms with Gasteiger partial charge < -0.3 is 23.7 Å². The Labute approximate surface area is 149 Å². The van der Waals surface area contributed by atoms with E-state index in [0.29, 0.717) is 5.56 Å². The number of ether oxygens (including phenoxy) is 5. The molecule has 4 atom stereocenters. The summed E-state index contributed by atoms with van der Waals surface area (Å²) in [4.78, 5) is 23.9. The number of esters is 1. The third-order valence-electron chi connectivity index (χ3n) is 4.51. The maximum absolute atomic E-state index is 12.2. The minimum atomic E-state index is -1.55. The molecule has 3 heterocycles. The Bertz CT molecular complexity index is 766.